The summed E-state index contributed by atoms with van der Waals surface area (Å²) in [5, 5.41) is 11.3. The second kappa shape index (κ2) is 11.9. The molecule has 4 rings (SSSR count). The number of carbonyl (C=O) groups excluding carboxylic acids is 2. The van der Waals surface area contributed by atoms with Crippen molar-refractivity contribution in [3.05, 3.63) is 107 Å². The lowest BCUT2D eigenvalue weighted by Gasteiger charge is -2.18. The first kappa shape index (κ1) is 24.0. The molecule has 4 aromatic rings. The number of H-pyrrole nitrogens is 1. The molecule has 1 heterocycles. The SMILES string of the molecule is O=C(N/N=C/c1ccc(Cl)cc1)NC(Cc1c[nH]c2ccccc12)C(=O)NCCc1ccccc1. The van der Waals surface area contributed by atoms with Crippen molar-refractivity contribution in [1.82, 2.24) is 21.0 Å². The second-order valence-electron chi connectivity index (χ2n) is 8.04. The monoisotopic (exact) mass is 487 g/mol. The Morgan fingerprint density at radius 3 is 2.51 bits per heavy atom. The zero-order valence-electron chi connectivity index (χ0n) is 19.0. The van der Waals surface area contributed by atoms with Crippen LogP contribution in [0.2, 0.25) is 5.02 Å². The van der Waals surface area contributed by atoms with Crippen molar-refractivity contribution in [3.8, 4) is 0 Å². The summed E-state index contributed by atoms with van der Waals surface area (Å²) in [5.41, 5.74) is 6.25. The van der Waals surface area contributed by atoms with Crippen molar-refractivity contribution < 1.29 is 9.59 Å². The summed E-state index contributed by atoms with van der Waals surface area (Å²) in [5.74, 6) is -0.261. The van der Waals surface area contributed by atoms with Gasteiger partial charge in [-0.2, -0.15) is 5.10 Å². The second-order valence-corrected chi connectivity index (χ2v) is 8.47. The lowest BCUT2D eigenvalue weighted by molar-refractivity contribution is -0.122. The maximum absolute atomic E-state index is 13.0. The minimum Gasteiger partial charge on any atom is -0.361 e. The smallest absolute Gasteiger partial charge is 0.335 e. The molecule has 8 heteroatoms. The van der Waals surface area contributed by atoms with Gasteiger partial charge in [0.25, 0.3) is 0 Å². The fourth-order valence-electron chi connectivity index (χ4n) is 3.73. The molecule has 1 aromatic heterocycles. The lowest BCUT2D eigenvalue weighted by atomic mass is 10.0. The van der Waals surface area contributed by atoms with Gasteiger partial charge in [0.05, 0.1) is 6.21 Å². The van der Waals surface area contributed by atoms with Gasteiger partial charge in [0.1, 0.15) is 6.04 Å². The summed E-state index contributed by atoms with van der Waals surface area (Å²) < 4.78 is 0. The molecule has 4 N–H and O–H groups in total. The summed E-state index contributed by atoms with van der Waals surface area (Å²) in [6.07, 6.45) is 4.40. The summed E-state index contributed by atoms with van der Waals surface area (Å²) in [6.45, 7) is 0.464. The van der Waals surface area contributed by atoms with Crippen LogP contribution in [-0.2, 0) is 17.6 Å². The average molecular weight is 488 g/mol. The molecule has 35 heavy (non-hydrogen) atoms. The van der Waals surface area contributed by atoms with Gasteiger partial charge in [-0.1, -0.05) is 72.3 Å². The predicted molar refractivity (Wildman–Crippen MR) is 140 cm³/mol. The van der Waals surface area contributed by atoms with Crippen molar-refractivity contribution in [1.29, 1.82) is 0 Å². The number of hydrogen-bond donors (Lipinski definition) is 4. The van der Waals surface area contributed by atoms with Crippen molar-refractivity contribution in [2.75, 3.05) is 6.54 Å². The predicted octanol–water partition coefficient (Wildman–Crippen LogP) is 4.42. The van der Waals surface area contributed by atoms with Crippen LogP contribution in [0.15, 0.2) is 90.2 Å². The van der Waals surface area contributed by atoms with Crippen LogP contribution in [0, 0.1) is 0 Å². The van der Waals surface area contributed by atoms with Gasteiger partial charge in [-0.3, -0.25) is 4.79 Å². The van der Waals surface area contributed by atoms with Gasteiger partial charge >= 0.3 is 6.03 Å². The molecule has 0 aliphatic heterocycles. The number of aromatic nitrogens is 1. The highest BCUT2D eigenvalue weighted by atomic mass is 35.5. The first-order chi connectivity index (χ1) is 17.1. The standard InChI is InChI=1S/C27H26ClN5O2/c28-22-12-10-20(11-13-22)17-31-33-27(35)32-25(16-21-18-30-24-9-5-4-8-23(21)24)26(34)29-15-14-19-6-2-1-3-7-19/h1-13,17-18,25,30H,14-16H2,(H,29,34)(H2,32,33,35)/b31-17+. The van der Waals surface area contributed by atoms with Crippen LogP contribution in [0.25, 0.3) is 10.9 Å². The maximum atomic E-state index is 13.0. The van der Waals surface area contributed by atoms with E-state index in [0.29, 0.717) is 24.4 Å². The van der Waals surface area contributed by atoms with Crippen molar-refractivity contribution >= 4 is 40.7 Å². The van der Waals surface area contributed by atoms with Crippen LogP contribution in [0.3, 0.4) is 0 Å². The number of rotatable bonds is 9. The number of fused-ring (bicyclic) bond motifs is 1. The summed E-state index contributed by atoms with van der Waals surface area (Å²) in [7, 11) is 0. The van der Waals surface area contributed by atoms with Gasteiger partial charge in [0.15, 0.2) is 0 Å². The first-order valence-corrected chi connectivity index (χ1v) is 11.7. The number of amides is 3. The number of carbonyl (C=O) groups is 2. The Morgan fingerprint density at radius 2 is 1.71 bits per heavy atom. The number of nitrogens with zero attached hydrogens (tertiary/aromatic N) is 1. The van der Waals surface area contributed by atoms with E-state index in [1.807, 2.05) is 60.8 Å². The molecule has 1 unspecified atom stereocenters. The van der Waals surface area contributed by atoms with E-state index >= 15 is 0 Å². The quantitative estimate of drug-likeness (QED) is 0.207. The Hall–Kier alpha value is -4.10. The number of para-hydroxylation sites is 1. The van der Waals surface area contributed by atoms with Crippen LogP contribution in [0.1, 0.15) is 16.7 Å². The van der Waals surface area contributed by atoms with Gasteiger partial charge in [-0.05, 0) is 41.3 Å². The van der Waals surface area contributed by atoms with Gasteiger partial charge < -0.3 is 15.6 Å². The lowest BCUT2D eigenvalue weighted by Crippen LogP contribution is -2.50. The fraction of sp³-hybridized carbons (Fsp3) is 0.148. The Kier molecular flexibility index (Phi) is 8.14. The van der Waals surface area contributed by atoms with Crippen LogP contribution in [-0.4, -0.2) is 35.7 Å². The molecule has 0 spiro atoms. The molecule has 3 aromatic carbocycles. The normalized spacial score (nSPS) is 11.9. The number of hydrazone groups is 1. The summed E-state index contributed by atoms with van der Waals surface area (Å²) >= 11 is 5.88. The van der Waals surface area contributed by atoms with E-state index < -0.39 is 12.1 Å². The first-order valence-electron chi connectivity index (χ1n) is 11.3. The zero-order valence-corrected chi connectivity index (χ0v) is 19.8. The highest BCUT2D eigenvalue weighted by Gasteiger charge is 2.22. The molecule has 0 saturated heterocycles. The molecule has 0 fully saturated rings. The molecule has 0 saturated carbocycles. The van der Waals surface area contributed by atoms with Crippen LogP contribution in [0.4, 0.5) is 4.79 Å². The van der Waals surface area contributed by atoms with Gasteiger partial charge in [-0.25, -0.2) is 10.2 Å². The van der Waals surface area contributed by atoms with Crippen molar-refractivity contribution in [2.45, 2.75) is 18.9 Å². The highest BCUT2D eigenvalue weighted by molar-refractivity contribution is 6.30. The zero-order chi connectivity index (χ0) is 24.5. The Balaban J connectivity index is 1.40. The van der Waals surface area contributed by atoms with E-state index in [2.05, 4.69) is 26.1 Å². The number of nitrogens with one attached hydrogen (secondary N) is 4. The van der Waals surface area contributed by atoms with Crippen molar-refractivity contribution in [2.24, 2.45) is 5.10 Å². The van der Waals surface area contributed by atoms with E-state index in [1.165, 1.54) is 6.21 Å². The van der Waals surface area contributed by atoms with E-state index in [0.717, 1.165) is 27.6 Å². The number of aromatic amines is 1. The van der Waals surface area contributed by atoms with E-state index in [4.69, 9.17) is 11.6 Å². The van der Waals surface area contributed by atoms with Crippen molar-refractivity contribution in [3.63, 3.8) is 0 Å². The van der Waals surface area contributed by atoms with E-state index in [1.54, 1.807) is 24.3 Å². The van der Waals surface area contributed by atoms with Crippen LogP contribution in [0.5, 0.6) is 0 Å². The minimum atomic E-state index is -0.782. The molecule has 3 amide bonds. The Bertz CT molecular complexity index is 1300. The van der Waals surface area contributed by atoms with Crippen LogP contribution < -0.4 is 16.1 Å². The third kappa shape index (κ3) is 6.94. The molecular formula is C27H26ClN5O2. The fourth-order valence-corrected chi connectivity index (χ4v) is 3.86. The number of hydrogen-bond acceptors (Lipinski definition) is 3. The molecule has 0 radical (unpaired) electrons. The average Bonchev–Trinajstić information content (AvgIpc) is 3.28. The molecule has 0 bridgehead atoms. The molecule has 0 aliphatic rings. The molecule has 178 valence electrons. The third-order valence-corrected chi connectivity index (χ3v) is 5.78. The summed E-state index contributed by atoms with van der Waals surface area (Å²) in [6, 6.07) is 23.5. The Morgan fingerprint density at radius 1 is 0.971 bits per heavy atom. The third-order valence-electron chi connectivity index (χ3n) is 5.53. The minimum absolute atomic E-state index is 0.261. The van der Waals surface area contributed by atoms with Crippen LogP contribution >= 0.6 is 11.6 Å². The van der Waals surface area contributed by atoms with Gasteiger partial charge in [0.2, 0.25) is 5.91 Å². The topological polar surface area (TPSA) is 98.4 Å². The van der Waals surface area contributed by atoms with Gasteiger partial charge in [0, 0.05) is 35.1 Å². The van der Waals surface area contributed by atoms with E-state index in [-0.39, 0.29) is 5.91 Å². The largest absolute Gasteiger partial charge is 0.361 e. The highest BCUT2D eigenvalue weighted by Crippen LogP contribution is 2.19. The molecule has 7 nitrogen and oxygen atoms in total. The van der Waals surface area contributed by atoms with Gasteiger partial charge in [-0.15, -0.1) is 0 Å². The molecular weight excluding hydrogens is 462 g/mol. The molecule has 1 atom stereocenters. The summed E-state index contributed by atoms with van der Waals surface area (Å²) in [4.78, 5) is 28.8. The number of urea groups is 1. The number of halogens is 1. The van der Waals surface area contributed by atoms with E-state index in [9.17, 15) is 9.59 Å². The molecule has 0 aliphatic carbocycles. The maximum Gasteiger partial charge on any atom is 0.335 e. The number of benzene rings is 3. The Labute approximate surface area is 208 Å².